The third kappa shape index (κ3) is 5.93. The second-order valence-corrected chi connectivity index (χ2v) is 15.3. The molecule has 0 aliphatic rings. The minimum absolute atomic E-state index is 0.672. The lowest BCUT2D eigenvalue weighted by Gasteiger charge is -2.16. The predicted molar refractivity (Wildman–Crippen MR) is 238 cm³/mol. The fourth-order valence-corrected chi connectivity index (χ4v) is 9.24. The maximum atomic E-state index is 5.33. The first kappa shape index (κ1) is 33.0. The van der Waals surface area contributed by atoms with E-state index < -0.39 is 0 Å². The van der Waals surface area contributed by atoms with Crippen molar-refractivity contribution in [3.8, 4) is 67.4 Å². The summed E-state index contributed by atoms with van der Waals surface area (Å²) in [4.78, 5) is 20.1. The molecule has 5 heteroatoms. The van der Waals surface area contributed by atoms with Gasteiger partial charge in [0.05, 0.1) is 27.3 Å². The van der Waals surface area contributed by atoms with Crippen molar-refractivity contribution >= 4 is 53.2 Å². The molecule has 0 aliphatic heterocycles. The van der Waals surface area contributed by atoms with E-state index in [0.29, 0.717) is 5.82 Å². The minimum Gasteiger partial charge on any atom is -0.256 e. The summed E-state index contributed by atoms with van der Waals surface area (Å²) < 4.78 is 2.40. The van der Waals surface area contributed by atoms with E-state index in [1.54, 1.807) is 11.3 Å². The first-order valence-corrected chi connectivity index (χ1v) is 19.8. The van der Waals surface area contributed by atoms with Crippen molar-refractivity contribution in [1.82, 2.24) is 19.9 Å². The number of nitrogens with zero attached hydrogens (tertiary/aromatic N) is 4. The largest absolute Gasteiger partial charge is 0.256 e. The average molecular weight is 745 g/mol. The summed E-state index contributed by atoms with van der Waals surface area (Å²) in [6, 6.07) is 64.2. The molecule has 0 saturated heterocycles. The van der Waals surface area contributed by atoms with E-state index in [1.165, 1.54) is 41.9 Å². The van der Waals surface area contributed by atoms with Crippen molar-refractivity contribution in [1.29, 1.82) is 0 Å². The third-order valence-electron chi connectivity index (χ3n) is 10.8. The van der Waals surface area contributed by atoms with E-state index in [2.05, 4.69) is 151 Å². The Balaban J connectivity index is 1.18. The van der Waals surface area contributed by atoms with Crippen LogP contribution in [0.2, 0.25) is 0 Å². The van der Waals surface area contributed by atoms with Crippen molar-refractivity contribution in [2.45, 2.75) is 0 Å². The number of aromatic nitrogens is 4. The van der Waals surface area contributed by atoms with Crippen LogP contribution in [0, 0.1) is 0 Å². The maximum Gasteiger partial charge on any atom is 0.160 e. The van der Waals surface area contributed by atoms with Gasteiger partial charge in [0.2, 0.25) is 0 Å². The highest BCUT2D eigenvalue weighted by Crippen LogP contribution is 2.43. The molecular weight excluding hydrogens is 713 g/mol. The fourth-order valence-electron chi connectivity index (χ4n) is 8.04. The van der Waals surface area contributed by atoms with Gasteiger partial charge in [-0.25, -0.2) is 9.97 Å². The molecule has 0 unspecified atom stereocenters. The molecule has 0 spiro atoms. The number of fused-ring (bicyclic) bond motifs is 6. The molecule has 4 nitrogen and oxygen atoms in total. The highest BCUT2D eigenvalue weighted by Gasteiger charge is 2.18. The lowest BCUT2D eigenvalue weighted by Crippen LogP contribution is -1.97. The molecule has 0 atom stereocenters. The van der Waals surface area contributed by atoms with Gasteiger partial charge in [-0.1, -0.05) is 121 Å². The summed E-state index contributed by atoms with van der Waals surface area (Å²) in [5, 5.41) is 6.07. The van der Waals surface area contributed by atoms with Gasteiger partial charge in [-0.15, -0.1) is 11.3 Å². The van der Waals surface area contributed by atoms with Gasteiger partial charge in [0.1, 0.15) is 0 Å². The van der Waals surface area contributed by atoms with Crippen LogP contribution in [0.15, 0.2) is 194 Å². The summed E-state index contributed by atoms with van der Waals surface area (Å²) in [6.07, 6.45) is 3.77. The lowest BCUT2D eigenvalue weighted by molar-refractivity contribution is 1.18. The number of hydrogen-bond acceptors (Lipinski definition) is 5. The van der Waals surface area contributed by atoms with Gasteiger partial charge in [-0.05, 0) is 98.9 Å². The Kier molecular flexibility index (Phi) is 7.97. The quantitative estimate of drug-likeness (QED) is 0.159. The van der Waals surface area contributed by atoms with E-state index >= 15 is 0 Å². The molecule has 11 aromatic rings. The SMILES string of the molecule is c1ccc(-c2nc(-c3cccc(-c4ccccn4)c3)cc(-c3cc(-c4cc5ccccc5c5ccccc45)cc(-c4ccnc5c4sc4ccccc45)c3)n2)cc1. The number of benzene rings is 7. The van der Waals surface area contributed by atoms with Crippen molar-refractivity contribution < 1.29 is 0 Å². The highest BCUT2D eigenvalue weighted by molar-refractivity contribution is 7.26. The molecule has 0 aliphatic carbocycles. The molecule has 266 valence electrons. The average Bonchev–Trinajstić information content (AvgIpc) is 3.68. The first-order valence-electron chi connectivity index (χ1n) is 19.0. The molecule has 4 heterocycles. The van der Waals surface area contributed by atoms with Crippen LogP contribution < -0.4 is 0 Å². The van der Waals surface area contributed by atoms with E-state index in [4.69, 9.17) is 15.0 Å². The van der Waals surface area contributed by atoms with Crippen molar-refractivity contribution in [2.24, 2.45) is 0 Å². The Morgan fingerprint density at radius 3 is 1.81 bits per heavy atom. The van der Waals surface area contributed by atoms with Gasteiger partial charge in [-0.3, -0.25) is 9.97 Å². The second kappa shape index (κ2) is 13.7. The zero-order valence-corrected chi connectivity index (χ0v) is 31.5. The van der Waals surface area contributed by atoms with Crippen LogP contribution in [0.3, 0.4) is 0 Å². The van der Waals surface area contributed by atoms with Crippen LogP contribution >= 0.6 is 11.3 Å². The Bertz CT molecular complexity index is 3300. The van der Waals surface area contributed by atoms with Crippen LogP contribution in [0.25, 0.3) is 109 Å². The first-order chi connectivity index (χ1) is 28.2. The zero-order valence-electron chi connectivity index (χ0n) is 30.7. The van der Waals surface area contributed by atoms with Gasteiger partial charge in [0.15, 0.2) is 5.82 Å². The van der Waals surface area contributed by atoms with E-state index in [1.807, 2.05) is 48.8 Å². The van der Waals surface area contributed by atoms with Crippen LogP contribution in [0.5, 0.6) is 0 Å². The summed E-state index contributed by atoms with van der Waals surface area (Å²) >= 11 is 1.80. The molecule has 0 fully saturated rings. The molecule has 11 rings (SSSR count). The normalized spacial score (nSPS) is 11.5. The Morgan fingerprint density at radius 1 is 0.351 bits per heavy atom. The van der Waals surface area contributed by atoms with Crippen molar-refractivity contribution in [3.63, 3.8) is 0 Å². The van der Waals surface area contributed by atoms with Crippen LogP contribution in [-0.2, 0) is 0 Å². The van der Waals surface area contributed by atoms with Crippen LogP contribution in [-0.4, -0.2) is 19.9 Å². The number of thiophene rings is 1. The molecule has 4 aromatic heterocycles. The van der Waals surface area contributed by atoms with Crippen LogP contribution in [0.4, 0.5) is 0 Å². The number of hydrogen-bond donors (Lipinski definition) is 0. The molecule has 7 aromatic carbocycles. The molecule has 0 radical (unpaired) electrons. The van der Waals surface area contributed by atoms with Gasteiger partial charge >= 0.3 is 0 Å². The monoisotopic (exact) mass is 744 g/mol. The smallest absolute Gasteiger partial charge is 0.160 e. The van der Waals surface area contributed by atoms with Gasteiger partial charge in [-0.2, -0.15) is 0 Å². The van der Waals surface area contributed by atoms with Crippen molar-refractivity contribution in [2.75, 3.05) is 0 Å². The fraction of sp³-hybridized carbons (Fsp3) is 0. The number of rotatable bonds is 6. The Hall–Kier alpha value is -7.34. The Morgan fingerprint density at radius 2 is 0.982 bits per heavy atom. The molecule has 0 N–H and O–H groups in total. The molecule has 0 bridgehead atoms. The van der Waals surface area contributed by atoms with Gasteiger partial charge in [0.25, 0.3) is 0 Å². The van der Waals surface area contributed by atoms with Gasteiger partial charge < -0.3 is 0 Å². The second-order valence-electron chi connectivity index (χ2n) is 14.2. The maximum absolute atomic E-state index is 5.33. The standard InChI is InChI=1S/C52H32N4S/c1-2-13-33(14-3-1)52-55-47(36-17-12-16-35(27-36)46-22-10-11-25-53-46)32-48(56-52)39-29-37(41-24-26-54-50-44-21-8-9-23-49(44)57-51(41)50)28-38(30-39)45-31-34-15-4-5-18-40(34)42-19-6-7-20-43(42)45/h1-32H. The van der Waals surface area contributed by atoms with E-state index in [0.717, 1.165) is 61.5 Å². The molecule has 0 saturated carbocycles. The molecule has 0 amide bonds. The summed E-state index contributed by atoms with van der Waals surface area (Å²) in [6.45, 7) is 0. The summed E-state index contributed by atoms with van der Waals surface area (Å²) in [5.74, 6) is 0.672. The predicted octanol–water partition coefficient (Wildman–Crippen LogP) is 13.9. The third-order valence-corrected chi connectivity index (χ3v) is 11.9. The summed E-state index contributed by atoms with van der Waals surface area (Å²) in [7, 11) is 0. The van der Waals surface area contributed by atoms with Gasteiger partial charge in [0, 0.05) is 50.3 Å². The zero-order chi connectivity index (χ0) is 37.7. The molecular formula is C52H32N4S. The topological polar surface area (TPSA) is 51.6 Å². The summed E-state index contributed by atoms with van der Waals surface area (Å²) in [5.41, 5.74) is 12.2. The number of pyridine rings is 2. The lowest BCUT2D eigenvalue weighted by atomic mass is 9.90. The van der Waals surface area contributed by atoms with Crippen LogP contribution in [0.1, 0.15) is 0 Å². The Labute approximate surface area is 333 Å². The van der Waals surface area contributed by atoms with E-state index in [-0.39, 0.29) is 0 Å². The highest BCUT2D eigenvalue weighted by atomic mass is 32.1. The molecule has 57 heavy (non-hydrogen) atoms. The van der Waals surface area contributed by atoms with Crippen molar-refractivity contribution in [3.05, 3.63) is 194 Å². The van der Waals surface area contributed by atoms with E-state index in [9.17, 15) is 0 Å². The minimum atomic E-state index is 0.672.